The molecule has 0 saturated heterocycles. The van der Waals surface area contributed by atoms with Gasteiger partial charge in [0.25, 0.3) is 5.69 Å². The van der Waals surface area contributed by atoms with Crippen LogP contribution in [0.15, 0.2) is 54.3 Å². The molecule has 2 heterocycles. The van der Waals surface area contributed by atoms with Gasteiger partial charge < -0.3 is 4.74 Å². The monoisotopic (exact) mass is 299 g/mol. The van der Waals surface area contributed by atoms with Gasteiger partial charge in [0.15, 0.2) is 0 Å². The fraction of sp³-hybridized carbons (Fsp3) is 0. The lowest BCUT2D eigenvalue weighted by Gasteiger charge is -2.05. The van der Waals surface area contributed by atoms with Crippen LogP contribution in [0.4, 0.5) is 5.69 Å². The first-order chi connectivity index (χ1) is 10.2. The van der Waals surface area contributed by atoms with Gasteiger partial charge in [-0.2, -0.15) is 0 Å². The van der Waals surface area contributed by atoms with Gasteiger partial charge >= 0.3 is 0 Å². The van der Waals surface area contributed by atoms with E-state index in [1.807, 2.05) is 24.3 Å². The maximum Gasteiger partial charge on any atom is 0.287 e. The maximum absolute atomic E-state index is 10.5. The van der Waals surface area contributed by atoms with Crippen molar-refractivity contribution in [2.24, 2.45) is 0 Å². The Balaban J connectivity index is 1.74. The number of benzene rings is 1. The molecule has 0 unspecified atom stereocenters. The molecule has 0 fully saturated rings. The van der Waals surface area contributed by atoms with E-state index in [1.165, 1.54) is 18.3 Å². The number of thiazole rings is 1. The average Bonchev–Trinajstić information content (AvgIpc) is 3.03. The van der Waals surface area contributed by atoms with Crippen LogP contribution >= 0.6 is 11.3 Å². The number of hydrogen-bond acceptors (Lipinski definition) is 6. The maximum atomic E-state index is 10.5. The summed E-state index contributed by atoms with van der Waals surface area (Å²) in [4.78, 5) is 19.0. The van der Waals surface area contributed by atoms with Crippen LogP contribution in [0.25, 0.3) is 10.4 Å². The minimum absolute atomic E-state index is 0.0668. The first-order valence-corrected chi connectivity index (χ1v) is 6.87. The molecule has 0 aliphatic carbocycles. The van der Waals surface area contributed by atoms with Gasteiger partial charge in [0, 0.05) is 18.3 Å². The molecular weight excluding hydrogens is 290 g/mol. The predicted molar refractivity (Wildman–Crippen MR) is 78.5 cm³/mol. The molecule has 2 aromatic heterocycles. The second-order valence-electron chi connectivity index (χ2n) is 4.10. The number of hydrogen-bond donors (Lipinski definition) is 0. The van der Waals surface area contributed by atoms with E-state index in [2.05, 4.69) is 9.97 Å². The van der Waals surface area contributed by atoms with E-state index in [4.69, 9.17) is 4.74 Å². The molecule has 1 aromatic carbocycles. The van der Waals surface area contributed by atoms with Gasteiger partial charge in [0.2, 0.25) is 5.88 Å². The molecule has 6 nitrogen and oxygen atoms in total. The first kappa shape index (κ1) is 13.2. The summed E-state index contributed by atoms with van der Waals surface area (Å²) in [5.74, 6) is 0.927. The van der Waals surface area contributed by atoms with Gasteiger partial charge in [-0.25, -0.2) is 4.98 Å². The summed E-state index contributed by atoms with van der Waals surface area (Å²) in [5.41, 5.74) is 2.77. The van der Waals surface area contributed by atoms with Crippen molar-refractivity contribution in [3.63, 3.8) is 0 Å². The van der Waals surface area contributed by atoms with Gasteiger partial charge in [-0.15, -0.1) is 11.3 Å². The molecule has 0 aliphatic heterocycles. The third kappa shape index (κ3) is 3.03. The number of pyridine rings is 1. The van der Waals surface area contributed by atoms with Crippen LogP contribution in [-0.2, 0) is 0 Å². The molecule has 0 atom stereocenters. The van der Waals surface area contributed by atoms with Crippen molar-refractivity contribution in [2.45, 2.75) is 0 Å². The average molecular weight is 299 g/mol. The van der Waals surface area contributed by atoms with Gasteiger partial charge in [0.1, 0.15) is 11.9 Å². The highest BCUT2D eigenvalue weighted by molar-refractivity contribution is 7.13. The molecule has 104 valence electrons. The predicted octanol–water partition coefficient (Wildman–Crippen LogP) is 3.91. The van der Waals surface area contributed by atoms with Gasteiger partial charge in [-0.05, 0) is 29.8 Å². The largest absolute Gasteiger partial charge is 0.439 e. The third-order valence-electron chi connectivity index (χ3n) is 2.73. The summed E-state index contributed by atoms with van der Waals surface area (Å²) < 4.78 is 5.54. The van der Waals surface area contributed by atoms with E-state index in [1.54, 1.807) is 23.0 Å². The number of nitro groups is 1. The minimum atomic E-state index is -0.499. The Kier molecular flexibility index (Phi) is 3.57. The van der Waals surface area contributed by atoms with E-state index in [-0.39, 0.29) is 5.69 Å². The fourth-order valence-electron chi connectivity index (χ4n) is 1.71. The van der Waals surface area contributed by atoms with Gasteiger partial charge in [-0.3, -0.25) is 15.1 Å². The van der Waals surface area contributed by atoms with Crippen LogP contribution < -0.4 is 4.74 Å². The summed E-state index contributed by atoms with van der Waals surface area (Å²) in [5, 5.41) is 10.5. The lowest BCUT2D eigenvalue weighted by atomic mass is 10.2. The Morgan fingerprint density at radius 3 is 2.48 bits per heavy atom. The zero-order valence-corrected chi connectivity index (χ0v) is 11.5. The van der Waals surface area contributed by atoms with Crippen LogP contribution in [0.3, 0.4) is 0 Å². The van der Waals surface area contributed by atoms with Crippen LogP contribution in [0.2, 0.25) is 0 Å². The van der Waals surface area contributed by atoms with Crippen LogP contribution in [0.5, 0.6) is 11.6 Å². The third-order valence-corrected chi connectivity index (χ3v) is 3.55. The molecule has 0 N–H and O–H groups in total. The molecule has 0 aliphatic rings. The van der Waals surface area contributed by atoms with Crippen molar-refractivity contribution in [3.05, 3.63) is 64.4 Å². The van der Waals surface area contributed by atoms with Crippen molar-refractivity contribution in [2.75, 3.05) is 0 Å². The molecule has 3 rings (SSSR count). The second-order valence-corrected chi connectivity index (χ2v) is 4.99. The Bertz CT molecular complexity index is 740. The molecule has 0 saturated carbocycles. The minimum Gasteiger partial charge on any atom is -0.439 e. The van der Waals surface area contributed by atoms with Gasteiger partial charge in [0.05, 0.1) is 15.3 Å². The molecule has 21 heavy (non-hydrogen) atoms. The summed E-state index contributed by atoms with van der Waals surface area (Å²) in [6, 6.07) is 10.3. The Labute approximate surface area is 123 Å². The van der Waals surface area contributed by atoms with Gasteiger partial charge in [-0.1, -0.05) is 0 Å². The molecular formula is C14H9N3O3S. The Hall–Kier alpha value is -2.80. The van der Waals surface area contributed by atoms with Crippen molar-refractivity contribution in [1.82, 2.24) is 9.97 Å². The van der Waals surface area contributed by atoms with Crippen LogP contribution in [0.1, 0.15) is 0 Å². The topological polar surface area (TPSA) is 78.2 Å². The smallest absolute Gasteiger partial charge is 0.287 e. The SMILES string of the molecule is O=[N+]([O-])c1ccc(Oc2ccc(-c3cncs3)cc2)nc1. The van der Waals surface area contributed by atoms with E-state index < -0.39 is 4.92 Å². The fourth-order valence-corrected chi connectivity index (χ4v) is 2.34. The molecule has 3 aromatic rings. The Morgan fingerprint density at radius 2 is 1.90 bits per heavy atom. The van der Waals surface area contributed by atoms with Crippen molar-refractivity contribution in [1.29, 1.82) is 0 Å². The van der Waals surface area contributed by atoms with Crippen molar-refractivity contribution < 1.29 is 9.66 Å². The molecule has 7 heteroatoms. The zero-order valence-electron chi connectivity index (χ0n) is 10.7. The summed E-state index contributed by atoms with van der Waals surface area (Å²) in [6.45, 7) is 0. The van der Waals surface area contributed by atoms with Crippen LogP contribution in [0, 0.1) is 10.1 Å². The summed E-state index contributed by atoms with van der Waals surface area (Å²) in [7, 11) is 0. The Morgan fingerprint density at radius 1 is 1.10 bits per heavy atom. The molecule has 0 amide bonds. The zero-order chi connectivity index (χ0) is 14.7. The number of nitrogens with zero attached hydrogens (tertiary/aromatic N) is 3. The normalized spacial score (nSPS) is 10.3. The quantitative estimate of drug-likeness (QED) is 0.539. The summed E-state index contributed by atoms with van der Waals surface area (Å²) >= 11 is 1.56. The first-order valence-electron chi connectivity index (χ1n) is 5.99. The van der Waals surface area contributed by atoms with Crippen LogP contribution in [-0.4, -0.2) is 14.9 Å². The molecule has 0 bridgehead atoms. The van der Waals surface area contributed by atoms with Crippen molar-refractivity contribution in [3.8, 4) is 22.1 Å². The number of ether oxygens (including phenoxy) is 1. The van der Waals surface area contributed by atoms with E-state index in [0.29, 0.717) is 11.6 Å². The lowest BCUT2D eigenvalue weighted by molar-refractivity contribution is -0.385. The highest BCUT2D eigenvalue weighted by atomic mass is 32.1. The van der Waals surface area contributed by atoms with E-state index in [0.717, 1.165) is 10.4 Å². The highest BCUT2D eigenvalue weighted by Gasteiger charge is 2.07. The van der Waals surface area contributed by atoms with E-state index >= 15 is 0 Å². The second kappa shape index (κ2) is 5.68. The highest BCUT2D eigenvalue weighted by Crippen LogP contribution is 2.27. The van der Waals surface area contributed by atoms with E-state index in [9.17, 15) is 10.1 Å². The molecule has 0 radical (unpaired) electrons. The number of aromatic nitrogens is 2. The lowest BCUT2D eigenvalue weighted by Crippen LogP contribution is -1.91. The summed E-state index contributed by atoms with van der Waals surface area (Å²) in [6.07, 6.45) is 2.97. The number of rotatable bonds is 4. The molecule has 0 spiro atoms. The standard InChI is InChI=1S/C14H9N3O3S/c18-17(19)11-3-6-14(16-7-11)20-12-4-1-10(2-5-12)13-8-15-9-21-13/h1-9H. The van der Waals surface area contributed by atoms with Crippen molar-refractivity contribution >= 4 is 17.0 Å².